The zero-order valence-electron chi connectivity index (χ0n) is 13.8. The Bertz CT molecular complexity index is 626. The third kappa shape index (κ3) is 3.38. The molecule has 2 aromatic rings. The zero-order chi connectivity index (χ0) is 15.7. The third-order valence-corrected chi connectivity index (χ3v) is 4.05. The largest absolute Gasteiger partial charge is 0.444 e. The summed E-state index contributed by atoms with van der Waals surface area (Å²) >= 11 is 0. The molecule has 0 spiro atoms. The highest BCUT2D eigenvalue weighted by molar-refractivity contribution is 5.06. The fraction of sp³-hybridized carbons (Fsp3) is 0.688. The number of oxazole rings is 1. The Morgan fingerprint density at radius 2 is 2.18 bits per heavy atom. The van der Waals surface area contributed by atoms with Crippen LogP contribution in [0.4, 0.5) is 0 Å². The van der Waals surface area contributed by atoms with Gasteiger partial charge in [0.2, 0.25) is 11.8 Å². The molecule has 0 saturated carbocycles. The summed E-state index contributed by atoms with van der Waals surface area (Å²) in [5.41, 5.74) is -0.00301. The van der Waals surface area contributed by atoms with E-state index in [0.717, 1.165) is 50.0 Å². The van der Waals surface area contributed by atoms with E-state index in [1.165, 1.54) is 0 Å². The minimum Gasteiger partial charge on any atom is -0.444 e. The summed E-state index contributed by atoms with van der Waals surface area (Å²) in [6, 6.07) is 0. The molecule has 6 heteroatoms. The minimum absolute atomic E-state index is 0.00301. The van der Waals surface area contributed by atoms with E-state index >= 15 is 0 Å². The van der Waals surface area contributed by atoms with Gasteiger partial charge in [-0.05, 0) is 26.3 Å². The molecule has 0 aliphatic carbocycles. The summed E-state index contributed by atoms with van der Waals surface area (Å²) in [6.07, 6.45) is 4.06. The highest BCUT2D eigenvalue weighted by Gasteiger charge is 2.27. The van der Waals surface area contributed by atoms with Crippen LogP contribution in [0.2, 0.25) is 0 Å². The lowest BCUT2D eigenvalue weighted by molar-refractivity contribution is 0.165. The molecular formula is C16H24N4O2. The van der Waals surface area contributed by atoms with Crippen LogP contribution in [0.5, 0.6) is 0 Å². The van der Waals surface area contributed by atoms with E-state index in [1.807, 2.05) is 13.1 Å². The molecule has 0 N–H and O–H groups in total. The molecule has 1 atom stereocenters. The second-order valence-electron chi connectivity index (χ2n) is 7.12. The van der Waals surface area contributed by atoms with Gasteiger partial charge in [0.05, 0.1) is 18.7 Å². The van der Waals surface area contributed by atoms with Crippen LogP contribution in [0.1, 0.15) is 62.9 Å². The molecule has 0 unspecified atom stereocenters. The normalized spacial score (nSPS) is 20.5. The monoisotopic (exact) mass is 304 g/mol. The Balaban J connectivity index is 1.64. The van der Waals surface area contributed by atoms with Crippen molar-refractivity contribution >= 4 is 0 Å². The lowest BCUT2D eigenvalue weighted by Crippen LogP contribution is -2.34. The lowest BCUT2D eigenvalue weighted by atomic mass is 9.94. The number of hydrogen-bond acceptors (Lipinski definition) is 6. The molecule has 1 aliphatic rings. The van der Waals surface area contributed by atoms with E-state index < -0.39 is 0 Å². The first-order valence-electron chi connectivity index (χ1n) is 7.89. The molecule has 0 radical (unpaired) electrons. The second-order valence-corrected chi connectivity index (χ2v) is 7.12. The van der Waals surface area contributed by atoms with Crippen LogP contribution < -0.4 is 0 Å². The standard InChI is InChI=1S/C16H24N4O2/c1-11-18-15(22-19-11)12-6-5-7-20(9-12)10-14-17-8-13(21-14)16(2,3)4/h8,12H,5-7,9-10H2,1-4H3/t12-/m1/s1. The third-order valence-electron chi connectivity index (χ3n) is 4.05. The van der Waals surface area contributed by atoms with Crippen LogP contribution in [0.3, 0.4) is 0 Å². The van der Waals surface area contributed by atoms with Crippen molar-refractivity contribution in [3.05, 3.63) is 29.6 Å². The predicted octanol–water partition coefficient (Wildman–Crippen LogP) is 3.04. The average molecular weight is 304 g/mol. The van der Waals surface area contributed by atoms with Crippen molar-refractivity contribution in [1.29, 1.82) is 0 Å². The lowest BCUT2D eigenvalue weighted by Gasteiger charge is -2.29. The van der Waals surface area contributed by atoms with E-state index in [-0.39, 0.29) is 5.41 Å². The molecule has 3 heterocycles. The Morgan fingerprint density at radius 3 is 2.82 bits per heavy atom. The van der Waals surface area contributed by atoms with E-state index in [2.05, 4.69) is 40.8 Å². The van der Waals surface area contributed by atoms with Gasteiger partial charge in [-0.3, -0.25) is 4.90 Å². The molecule has 2 aromatic heterocycles. The Hall–Kier alpha value is -1.69. The van der Waals surface area contributed by atoms with Crippen LogP contribution in [-0.4, -0.2) is 33.1 Å². The van der Waals surface area contributed by atoms with Crippen molar-refractivity contribution in [2.45, 2.75) is 58.4 Å². The van der Waals surface area contributed by atoms with Crippen LogP contribution in [0, 0.1) is 6.92 Å². The fourth-order valence-corrected chi connectivity index (χ4v) is 2.80. The smallest absolute Gasteiger partial charge is 0.231 e. The van der Waals surface area contributed by atoms with Gasteiger partial charge in [0.15, 0.2) is 5.82 Å². The summed E-state index contributed by atoms with van der Waals surface area (Å²) in [6.45, 7) is 10.9. The van der Waals surface area contributed by atoms with Gasteiger partial charge in [-0.25, -0.2) is 4.98 Å². The first kappa shape index (κ1) is 15.2. The maximum Gasteiger partial charge on any atom is 0.231 e. The highest BCUT2D eigenvalue weighted by atomic mass is 16.5. The van der Waals surface area contributed by atoms with Crippen LogP contribution in [0.25, 0.3) is 0 Å². The summed E-state index contributed by atoms with van der Waals surface area (Å²) in [4.78, 5) is 11.1. The molecular weight excluding hydrogens is 280 g/mol. The summed E-state index contributed by atoms with van der Waals surface area (Å²) in [7, 11) is 0. The SMILES string of the molecule is Cc1noc([C@@H]2CCCN(Cc3ncc(C(C)(C)C)o3)C2)n1. The number of aryl methyl sites for hydroxylation is 1. The van der Waals surface area contributed by atoms with E-state index in [4.69, 9.17) is 8.94 Å². The number of nitrogens with zero attached hydrogens (tertiary/aromatic N) is 4. The summed E-state index contributed by atoms with van der Waals surface area (Å²) in [5.74, 6) is 3.49. The van der Waals surface area contributed by atoms with E-state index in [9.17, 15) is 0 Å². The summed E-state index contributed by atoms with van der Waals surface area (Å²) < 4.78 is 11.2. The van der Waals surface area contributed by atoms with Crippen molar-refractivity contribution in [3.8, 4) is 0 Å². The van der Waals surface area contributed by atoms with Gasteiger partial charge in [0.1, 0.15) is 5.76 Å². The van der Waals surface area contributed by atoms with Crippen molar-refractivity contribution in [1.82, 2.24) is 20.0 Å². The molecule has 0 amide bonds. The van der Waals surface area contributed by atoms with Crippen molar-refractivity contribution in [2.75, 3.05) is 13.1 Å². The van der Waals surface area contributed by atoms with Crippen LogP contribution in [-0.2, 0) is 12.0 Å². The van der Waals surface area contributed by atoms with Gasteiger partial charge in [-0.1, -0.05) is 25.9 Å². The molecule has 22 heavy (non-hydrogen) atoms. The van der Waals surface area contributed by atoms with Gasteiger partial charge in [-0.15, -0.1) is 0 Å². The van der Waals surface area contributed by atoms with Crippen molar-refractivity contribution < 1.29 is 8.94 Å². The summed E-state index contributed by atoms with van der Waals surface area (Å²) in [5, 5.41) is 3.90. The van der Waals surface area contributed by atoms with E-state index in [0.29, 0.717) is 11.7 Å². The van der Waals surface area contributed by atoms with Crippen molar-refractivity contribution in [2.24, 2.45) is 0 Å². The fourth-order valence-electron chi connectivity index (χ4n) is 2.80. The number of hydrogen-bond donors (Lipinski definition) is 0. The molecule has 1 fully saturated rings. The Morgan fingerprint density at radius 1 is 1.36 bits per heavy atom. The predicted molar refractivity (Wildman–Crippen MR) is 81.5 cm³/mol. The molecule has 1 aliphatic heterocycles. The van der Waals surface area contributed by atoms with Crippen molar-refractivity contribution in [3.63, 3.8) is 0 Å². The van der Waals surface area contributed by atoms with Gasteiger partial charge in [-0.2, -0.15) is 4.98 Å². The first-order valence-corrected chi connectivity index (χ1v) is 7.89. The molecule has 3 rings (SSSR count). The van der Waals surface area contributed by atoms with E-state index in [1.54, 1.807) is 0 Å². The first-order chi connectivity index (χ1) is 10.4. The van der Waals surface area contributed by atoms with Gasteiger partial charge < -0.3 is 8.94 Å². The Kier molecular flexibility index (Phi) is 4.04. The molecule has 1 saturated heterocycles. The average Bonchev–Trinajstić information content (AvgIpc) is 3.08. The zero-order valence-corrected chi connectivity index (χ0v) is 13.8. The number of rotatable bonds is 3. The number of likely N-dealkylation sites (tertiary alicyclic amines) is 1. The molecule has 0 bridgehead atoms. The Labute approximate surface area is 130 Å². The van der Waals surface area contributed by atoms with Crippen LogP contribution >= 0.6 is 0 Å². The molecule has 6 nitrogen and oxygen atoms in total. The van der Waals surface area contributed by atoms with Crippen LogP contribution in [0.15, 0.2) is 15.1 Å². The van der Waals surface area contributed by atoms with Gasteiger partial charge in [0.25, 0.3) is 0 Å². The van der Waals surface area contributed by atoms with Gasteiger partial charge in [0, 0.05) is 12.0 Å². The quantitative estimate of drug-likeness (QED) is 0.868. The second kappa shape index (κ2) is 5.83. The maximum absolute atomic E-state index is 5.89. The topological polar surface area (TPSA) is 68.2 Å². The molecule has 120 valence electrons. The van der Waals surface area contributed by atoms with Gasteiger partial charge >= 0.3 is 0 Å². The minimum atomic E-state index is -0.00301. The maximum atomic E-state index is 5.89. The highest BCUT2D eigenvalue weighted by Crippen LogP contribution is 2.27. The molecule has 0 aromatic carbocycles. The number of piperidine rings is 1. The number of aromatic nitrogens is 3.